The summed E-state index contributed by atoms with van der Waals surface area (Å²) in [6, 6.07) is 0.553. The fourth-order valence-electron chi connectivity index (χ4n) is 3.43. The fraction of sp³-hybridized carbons (Fsp3) is 0.750. The minimum atomic E-state index is 0.553. The largest absolute Gasteiger partial charge is 0.379 e. The second-order valence-electron chi connectivity index (χ2n) is 6.02. The number of hydrogen-bond donors (Lipinski definition) is 1. The van der Waals surface area contributed by atoms with E-state index in [2.05, 4.69) is 34.2 Å². The Morgan fingerprint density at radius 1 is 1.20 bits per heavy atom. The molecule has 1 aliphatic heterocycles. The Morgan fingerprint density at radius 2 is 2.05 bits per heavy atom. The van der Waals surface area contributed by atoms with E-state index < -0.39 is 0 Å². The average molecular weight is 277 g/mol. The van der Waals surface area contributed by atoms with E-state index in [1.807, 2.05) is 0 Å². The molecule has 20 heavy (non-hydrogen) atoms. The molecule has 0 radical (unpaired) electrons. The molecule has 4 nitrogen and oxygen atoms in total. The Morgan fingerprint density at radius 3 is 2.85 bits per heavy atom. The monoisotopic (exact) mass is 277 g/mol. The number of ether oxygens (including phenoxy) is 1. The van der Waals surface area contributed by atoms with Gasteiger partial charge < -0.3 is 14.6 Å². The highest BCUT2D eigenvalue weighted by atomic mass is 16.5. The molecule has 1 fully saturated rings. The maximum absolute atomic E-state index is 5.40. The topological polar surface area (TPSA) is 29.4 Å². The van der Waals surface area contributed by atoms with Crippen molar-refractivity contribution in [2.75, 3.05) is 39.9 Å². The van der Waals surface area contributed by atoms with Gasteiger partial charge in [0.2, 0.25) is 0 Å². The molecule has 0 bridgehead atoms. The number of nitrogens with one attached hydrogen (secondary N) is 1. The van der Waals surface area contributed by atoms with Gasteiger partial charge in [-0.15, -0.1) is 0 Å². The van der Waals surface area contributed by atoms with Crippen molar-refractivity contribution in [2.45, 2.75) is 38.3 Å². The smallest absolute Gasteiger partial charge is 0.0594 e. The van der Waals surface area contributed by atoms with Gasteiger partial charge in [-0.25, -0.2) is 0 Å². The Labute approximate surface area is 122 Å². The second-order valence-corrected chi connectivity index (χ2v) is 6.02. The van der Waals surface area contributed by atoms with Gasteiger partial charge in [0, 0.05) is 44.6 Å². The minimum Gasteiger partial charge on any atom is -0.379 e. The number of fused-ring (bicyclic) bond motifs is 1. The zero-order chi connectivity index (χ0) is 13.8. The van der Waals surface area contributed by atoms with Crippen molar-refractivity contribution >= 4 is 0 Å². The molecule has 1 saturated heterocycles. The molecule has 2 aliphatic rings. The van der Waals surface area contributed by atoms with Crippen LogP contribution in [0.3, 0.4) is 0 Å². The zero-order valence-corrected chi connectivity index (χ0v) is 12.6. The lowest BCUT2D eigenvalue weighted by molar-refractivity contribution is 0.0364. The summed E-state index contributed by atoms with van der Waals surface area (Å²) in [6.07, 6.45) is 9.95. The molecule has 112 valence electrons. The van der Waals surface area contributed by atoms with E-state index in [4.69, 9.17) is 4.74 Å². The summed E-state index contributed by atoms with van der Waals surface area (Å²) in [5, 5.41) is 3.48. The summed E-state index contributed by atoms with van der Waals surface area (Å²) in [4.78, 5) is 2.50. The molecule has 1 atom stereocenters. The van der Waals surface area contributed by atoms with Gasteiger partial charge in [-0.2, -0.15) is 0 Å². The first-order chi connectivity index (χ1) is 9.86. The van der Waals surface area contributed by atoms with Crippen molar-refractivity contribution in [3.8, 4) is 0 Å². The summed E-state index contributed by atoms with van der Waals surface area (Å²) >= 11 is 0. The number of hydrogen-bond acceptors (Lipinski definition) is 3. The third-order valence-corrected chi connectivity index (χ3v) is 4.69. The van der Waals surface area contributed by atoms with Crippen LogP contribution in [-0.2, 0) is 17.7 Å². The molecule has 1 N–H and O–H groups in total. The SMILES string of the molecule is CNC1CCCCc2cn(CCN3CCOCC3)cc21. The maximum Gasteiger partial charge on any atom is 0.0594 e. The zero-order valence-electron chi connectivity index (χ0n) is 12.6. The van der Waals surface area contributed by atoms with Gasteiger partial charge in [-0.3, -0.25) is 4.90 Å². The highest BCUT2D eigenvalue weighted by Crippen LogP contribution is 2.29. The highest BCUT2D eigenvalue weighted by molar-refractivity contribution is 5.29. The molecule has 1 unspecified atom stereocenters. The van der Waals surface area contributed by atoms with Gasteiger partial charge in [0.15, 0.2) is 0 Å². The van der Waals surface area contributed by atoms with Gasteiger partial charge in [-0.1, -0.05) is 6.42 Å². The Balaban J connectivity index is 1.62. The van der Waals surface area contributed by atoms with Crippen LogP contribution >= 0.6 is 0 Å². The van der Waals surface area contributed by atoms with Crippen LogP contribution in [0, 0.1) is 0 Å². The maximum atomic E-state index is 5.40. The van der Waals surface area contributed by atoms with Gasteiger partial charge in [0.05, 0.1) is 13.2 Å². The first kappa shape index (κ1) is 14.1. The Hall–Kier alpha value is -0.840. The van der Waals surface area contributed by atoms with Crippen LogP contribution in [0.5, 0.6) is 0 Å². The van der Waals surface area contributed by atoms with Gasteiger partial charge in [0.25, 0.3) is 0 Å². The molecule has 0 spiro atoms. The van der Waals surface area contributed by atoms with Crippen LogP contribution < -0.4 is 5.32 Å². The number of rotatable bonds is 4. The van der Waals surface area contributed by atoms with E-state index in [0.717, 1.165) is 39.4 Å². The predicted octanol–water partition coefficient (Wildman–Crippen LogP) is 1.81. The number of nitrogens with zero attached hydrogens (tertiary/aromatic N) is 2. The summed E-state index contributed by atoms with van der Waals surface area (Å²) in [5.74, 6) is 0. The van der Waals surface area contributed by atoms with E-state index in [1.54, 1.807) is 5.56 Å². The van der Waals surface area contributed by atoms with Crippen LogP contribution in [0.25, 0.3) is 0 Å². The molecule has 3 rings (SSSR count). The first-order valence-corrected chi connectivity index (χ1v) is 8.03. The summed E-state index contributed by atoms with van der Waals surface area (Å²) in [5.41, 5.74) is 3.09. The van der Waals surface area contributed by atoms with Crippen LogP contribution in [0.1, 0.15) is 36.4 Å². The van der Waals surface area contributed by atoms with Crippen molar-refractivity contribution in [1.82, 2.24) is 14.8 Å². The highest BCUT2D eigenvalue weighted by Gasteiger charge is 2.19. The molecule has 1 aromatic heterocycles. The van der Waals surface area contributed by atoms with Crippen LogP contribution in [0.2, 0.25) is 0 Å². The van der Waals surface area contributed by atoms with Crippen molar-refractivity contribution in [3.05, 3.63) is 23.5 Å². The third-order valence-electron chi connectivity index (χ3n) is 4.69. The van der Waals surface area contributed by atoms with Gasteiger partial charge in [-0.05, 0) is 37.4 Å². The van der Waals surface area contributed by atoms with E-state index in [9.17, 15) is 0 Å². The predicted molar refractivity (Wildman–Crippen MR) is 81.0 cm³/mol. The average Bonchev–Trinajstić information content (AvgIpc) is 2.80. The minimum absolute atomic E-state index is 0.553. The lowest BCUT2D eigenvalue weighted by Gasteiger charge is -2.26. The van der Waals surface area contributed by atoms with Gasteiger partial charge in [0.1, 0.15) is 0 Å². The Bertz CT molecular complexity index is 423. The standard InChI is InChI=1S/C16H27N3O/c1-17-16-5-3-2-4-14-12-19(13-15(14)16)7-6-18-8-10-20-11-9-18/h12-13,16-17H,2-11H2,1H3. The quantitative estimate of drug-likeness (QED) is 0.851. The normalized spacial score (nSPS) is 24.4. The number of aromatic nitrogens is 1. The van der Waals surface area contributed by atoms with E-state index in [0.29, 0.717) is 6.04 Å². The second kappa shape index (κ2) is 6.74. The van der Waals surface area contributed by atoms with Crippen LogP contribution in [0.15, 0.2) is 12.4 Å². The molecular weight excluding hydrogens is 250 g/mol. The fourth-order valence-corrected chi connectivity index (χ4v) is 3.43. The molecule has 1 aliphatic carbocycles. The molecule has 4 heteroatoms. The van der Waals surface area contributed by atoms with E-state index in [1.165, 1.54) is 31.2 Å². The van der Waals surface area contributed by atoms with E-state index in [-0.39, 0.29) is 0 Å². The lowest BCUT2D eigenvalue weighted by atomic mass is 10.1. The lowest BCUT2D eigenvalue weighted by Crippen LogP contribution is -2.38. The van der Waals surface area contributed by atoms with Gasteiger partial charge >= 0.3 is 0 Å². The molecular formula is C16H27N3O. The van der Waals surface area contributed by atoms with E-state index >= 15 is 0 Å². The molecule has 1 aromatic rings. The van der Waals surface area contributed by atoms with Crippen molar-refractivity contribution in [3.63, 3.8) is 0 Å². The third kappa shape index (κ3) is 3.25. The number of aryl methyl sites for hydroxylation is 1. The van der Waals surface area contributed by atoms with Crippen LogP contribution in [0.4, 0.5) is 0 Å². The molecule has 0 aromatic carbocycles. The summed E-state index contributed by atoms with van der Waals surface area (Å²) in [7, 11) is 2.09. The Kier molecular flexibility index (Phi) is 4.76. The van der Waals surface area contributed by atoms with Crippen molar-refractivity contribution in [1.29, 1.82) is 0 Å². The number of morpholine rings is 1. The summed E-state index contributed by atoms with van der Waals surface area (Å²) in [6.45, 7) is 6.19. The molecule has 0 amide bonds. The summed E-state index contributed by atoms with van der Waals surface area (Å²) < 4.78 is 7.80. The van der Waals surface area contributed by atoms with Crippen molar-refractivity contribution in [2.24, 2.45) is 0 Å². The van der Waals surface area contributed by atoms with Crippen molar-refractivity contribution < 1.29 is 4.74 Å². The molecule has 0 saturated carbocycles. The molecule has 2 heterocycles. The first-order valence-electron chi connectivity index (χ1n) is 8.03. The van der Waals surface area contributed by atoms with Crippen LogP contribution in [-0.4, -0.2) is 49.4 Å².